The van der Waals surface area contributed by atoms with Crippen molar-refractivity contribution < 1.29 is 115 Å². The number of carbonyl (C=O) groups excluding carboxylic acids is 1. The predicted molar refractivity (Wildman–Crippen MR) is 31.0 cm³/mol. The Morgan fingerprint density at radius 2 is 2.20 bits per heavy atom. The van der Waals surface area contributed by atoms with Crippen molar-refractivity contribution >= 4 is 5.97 Å². The first-order valence-electron chi connectivity index (χ1n) is 2.37. The Hall–Kier alpha value is 2.66. The molecule has 0 rings (SSSR count). The van der Waals surface area contributed by atoms with Gasteiger partial charge in [0, 0.05) is 20.0 Å². The molecule has 0 amide bonds. The van der Waals surface area contributed by atoms with Gasteiger partial charge in [-0.15, -0.1) is 0 Å². The van der Waals surface area contributed by atoms with Gasteiger partial charge in [-0.05, 0) is 0 Å². The van der Waals surface area contributed by atoms with E-state index in [1.54, 1.807) is 0 Å². The fourth-order valence-corrected chi connectivity index (χ4v) is 0.212. The van der Waals surface area contributed by atoms with E-state index in [4.69, 9.17) is 5.73 Å². The maximum atomic E-state index is 9.99. The molecule has 0 unspecified atom stereocenters. The van der Waals surface area contributed by atoms with Gasteiger partial charge in [0.15, 0.2) is 0 Å². The van der Waals surface area contributed by atoms with Gasteiger partial charge in [0.05, 0.1) is 0 Å². The van der Waals surface area contributed by atoms with E-state index in [0.717, 1.165) is 0 Å². The largest absolute Gasteiger partial charge is 1.00 e. The third-order valence-electron chi connectivity index (χ3n) is 0.462. The molecule has 0 atom stereocenters. The van der Waals surface area contributed by atoms with E-state index in [9.17, 15) is 4.79 Å². The van der Waals surface area contributed by atoms with Gasteiger partial charge in [-0.3, -0.25) is 4.79 Å². The Kier molecular flexibility index (Phi) is 26.2. The second-order valence-electron chi connectivity index (χ2n) is 1.28. The summed E-state index contributed by atoms with van der Waals surface area (Å²) in [6.07, 6.45) is 0. The van der Waals surface area contributed by atoms with Crippen LogP contribution in [-0.4, -0.2) is 19.1 Å². The standard InChI is InChI=1S/C4H10N2O2.2K.2H/c1-4(7)8-6-3-2-5;;;;/h6H,2-3,5H2,1H3;;;;/q;2*+1;2*-1. The number of hydroxylamine groups is 1. The van der Waals surface area contributed by atoms with Crippen LogP contribution in [-0.2, 0) is 9.63 Å². The molecule has 0 aromatic rings. The molecule has 4 nitrogen and oxygen atoms in total. The molecule has 0 aliphatic heterocycles. The maximum absolute atomic E-state index is 9.99. The Labute approximate surface area is 149 Å². The zero-order valence-corrected chi connectivity index (χ0v) is 13.1. The Morgan fingerprint density at radius 3 is 2.50 bits per heavy atom. The van der Waals surface area contributed by atoms with Crippen molar-refractivity contribution in [3.05, 3.63) is 0 Å². The van der Waals surface area contributed by atoms with E-state index < -0.39 is 0 Å². The number of hydrogen-bond acceptors (Lipinski definition) is 4. The SMILES string of the molecule is CC(=O)ONCCN.[H-].[H-].[K+].[K+]. The van der Waals surface area contributed by atoms with Gasteiger partial charge in [0.2, 0.25) is 0 Å². The first-order valence-corrected chi connectivity index (χ1v) is 2.37. The van der Waals surface area contributed by atoms with Gasteiger partial charge in [-0.25, -0.2) is 0 Å². The molecule has 0 saturated carbocycles. The molecule has 0 aromatic carbocycles. The number of rotatable bonds is 3. The quantitative estimate of drug-likeness (QED) is 0.269. The minimum absolute atomic E-state index is 0. The van der Waals surface area contributed by atoms with Crippen LogP contribution in [0.4, 0.5) is 0 Å². The molecule has 0 heterocycles. The minimum Gasteiger partial charge on any atom is -1.00 e. The zero-order chi connectivity index (χ0) is 6.41. The summed E-state index contributed by atoms with van der Waals surface area (Å²) >= 11 is 0. The number of hydrogen-bond donors (Lipinski definition) is 2. The van der Waals surface area contributed by atoms with Crippen LogP contribution in [0.15, 0.2) is 0 Å². The second-order valence-corrected chi connectivity index (χ2v) is 1.28. The van der Waals surface area contributed by atoms with E-state index in [0.29, 0.717) is 13.1 Å². The van der Waals surface area contributed by atoms with Crippen molar-refractivity contribution in [2.45, 2.75) is 6.92 Å². The van der Waals surface area contributed by atoms with Crippen LogP contribution >= 0.6 is 0 Å². The Balaban J connectivity index is -0.0000000408. The Bertz CT molecular complexity index is 89.5. The van der Waals surface area contributed by atoms with Crippen molar-refractivity contribution in [3.63, 3.8) is 0 Å². The molecular weight excluding hydrogens is 186 g/mol. The van der Waals surface area contributed by atoms with Crippen LogP contribution in [0, 0.1) is 0 Å². The smallest absolute Gasteiger partial charge is 1.00 e. The van der Waals surface area contributed by atoms with Gasteiger partial charge in [-0.1, -0.05) is 0 Å². The van der Waals surface area contributed by atoms with Crippen molar-refractivity contribution in [1.29, 1.82) is 0 Å². The van der Waals surface area contributed by atoms with E-state index in [2.05, 4.69) is 10.3 Å². The summed E-state index contributed by atoms with van der Waals surface area (Å²) in [7, 11) is 0. The summed E-state index contributed by atoms with van der Waals surface area (Å²) in [5.74, 6) is -0.349. The molecule has 0 spiro atoms. The first kappa shape index (κ1) is 18.4. The van der Waals surface area contributed by atoms with Crippen molar-refractivity contribution in [1.82, 2.24) is 5.48 Å². The molecule has 0 radical (unpaired) electrons. The average molecular weight is 198 g/mol. The number of nitrogens with two attached hydrogens (primary N) is 1. The van der Waals surface area contributed by atoms with Gasteiger partial charge in [0.1, 0.15) is 0 Å². The third-order valence-corrected chi connectivity index (χ3v) is 0.462. The molecule has 0 aliphatic rings. The first-order chi connectivity index (χ1) is 3.77. The van der Waals surface area contributed by atoms with Crippen LogP contribution in [0.2, 0.25) is 0 Å². The summed E-state index contributed by atoms with van der Waals surface area (Å²) in [6.45, 7) is 2.29. The summed E-state index contributed by atoms with van der Waals surface area (Å²) in [4.78, 5) is 14.3. The Morgan fingerprint density at radius 1 is 1.70 bits per heavy atom. The molecule has 0 saturated heterocycles. The minimum atomic E-state index is -0.349. The van der Waals surface area contributed by atoms with Crippen LogP contribution in [0.25, 0.3) is 0 Å². The van der Waals surface area contributed by atoms with Crippen LogP contribution in [0.5, 0.6) is 0 Å². The fourth-order valence-electron chi connectivity index (χ4n) is 0.212. The molecule has 6 heteroatoms. The van der Waals surface area contributed by atoms with Gasteiger partial charge < -0.3 is 13.4 Å². The summed E-state index contributed by atoms with van der Waals surface area (Å²) in [6, 6.07) is 0. The van der Waals surface area contributed by atoms with E-state index in [1.165, 1.54) is 6.92 Å². The normalized spacial score (nSPS) is 7.00. The molecule has 0 bridgehead atoms. The topological polar surface area (TPSA) is 64.3 Å². The van der Waals surface area contributed by atoms with Crippen LogP contribution in [0.1, 0.15) is 9.78 Å². The summed E-state index contributed by atoms with van der Waals surface area (Å²) in [5.41, 5.74) is 7.42. The van der Waals surface area contributed by atoms with Crippen molar-refractivity contribution in [2.24, 2.45) is 5.73 Å². The van der Waals surface area contributed by atoms with E-state index in [1.807, 2.05) is 0 Å². The zero-order valence-electron chi connectivity index (χ0n) is 8.81. The van der Waals surface area contributed by atoms with Gasteiger partial charge in [-0.2, -0.15) is 5.48 Å². The summed E-state index contributed by atoms with van der Waals surface area (Å²) < 4.78 is 0. The molecule has 0 fully saturated rings. The molecule has 52 valence electrons. The molecule has 0 aromatic heterocycles. The molecule has 10 heavy (non-hydrogen) atoms. The monoisotopic (exact) mass is 198 g/mol. The van der Waals surface area contributed by atoms with Crippen LogP contribution in [0.3, 0.4) is 0 Å². The van der Waals surface area contributed by atoms with E-state index in [-0.39, 0.29) is 112 Å². The van der Waals surface area contributed by atoms with Crippen LogP contribution < -0.4 is 114 Å². The van der Waals surface area contributed by atoms with E-state index >= 15 is 0 Å². The molecule has 0 aliphatic carbocycles. The average Bonchev–Trinajstić information content (AvgIpc) is 1.66. The number of carbonyl (C=O) groups is 1. The maximum Gasteiger partial charge on any atom is 1.00 e. The number of nitrogens with one attached hydrogen (secondary N) is 1. The molecular formula is C4H12K2N2O2. The summed E-state index contributed by atoms with van der Waals surface area (Å²) in [5, 5.41) is 0. The third kappa shape index (κ3) is 17.0. The van der Waals surface area contributed by atoms with Gasteiger partial charge >= 0.3 is 109 Å². The van der Waals surface area contributed by atoms with Crippen molar-refractivity contribution in [2.75, 3.05) is 13.1 Å². The second kappa shape index (κ2) is 14.2. The fraction of sp³-hybridized carbons (Fsp3) is 0.750. The van der Waals surface area contributed by atoms with Gasteiger partial charge in [0.25, 0.3) is 0 Å². The van der Waals surface area contributed by atoms with Crippen molar-refractivity contribution in [3.8, 4) is 0 Å². The molecule has 3 N–H and O–H groups in total. The predicted octanol–water partition coefficient (Wildman–Crippen LogP) is -6.75.